The molecule has 0 saturated heterocycles. The fourth-order valence-electron chi connectivity index (χ4n) is 1.94. The van der Waals surface area contributed by atoms with E-state index in [1.807, 2.05) is 0 Å². The van der Waals surface area contributed by atoms with Gasteiger partial charge < -0.3 is 9.67 Å². The molecule has 11 heavy (non-hydrogen) atoms. The number of hydrogen-bond donors (Lipinski definition) is 1. The highest BCUT2D eigenvalue weighted by Gasteiger charge is 2.48. The zero-order chi connectivity index (χ0) is 7.42. The van der Waals surface area contributed by atoms with Crippen LogP contribution in [0, 0.1) is 5.92 Å². The topological polar surface area (TPSA) is 50.9 Å². The van der Waals surface area contributed by atoms with Crippen LogP contribution in [-0.2, 0) is 13.2 Å². The second-order valence-electron chi connectivity index (χ2n) is 3.35. The third kappa shape index (κ3) is 0.581. The average Bonchev–Trinajstić information content (AvgIpc) is 2.55. The quantitative estimate of drug-likeness (QED) is 0.609. The Labute approximate surface area is 63.9 Å². The molecular weight excluding hydrogens is 142 g/mol. The predicted octanol–water partition coefficient (Wildman–Crippen LogP) is -0.113. The lowest BCUT2D eigenvalue weighted by atomic mass is 10.4. The minimum atomic E-state index is 0.0203. The van der Waals surface area contributed by atoms with Gasteiger partial charge in [0.1, 0.15) is 12.4 Å². The summed E-state index contributed by atoms with van der Waals surface area (Å²) >= 11 is 0. The molecule has 2 aliphatic rings. The van der Waals surface area contributed by atoms with E-state index in [1.165, 1.54) is 6.42 Å². The van der Waals surface area contributed by atoms with Crippen molar-refractivity contribution in [3.05, 3.63) is 11.6 Å². The molecule has 2 atom stereocenters. The second kappa shape index (κ2) is 1.64. The molecule has 0 unspecified atom stereocenters. The maximum atomic E-state index is 8.87. The van der Waals surface area contributed by atoms with Gasteiger partial charge in [-0.05, 0) is 12.3 Å². The zero-order valence-corrected chi connectivity index (χ0v) is 6.06. The number of aliphatic hydroxyl groups excluding tert-OH is 1. The highest BCUT2D eigenvalue weighted by Crippen LogP contribution is 2.52. The first-order valence-electron chi connectivity index (χ1n) is 3.93. The minimum Gasteiger partial charge on any atom is -0.388 e. The smallest absolute Gasteiger partial charge is 0.158 e. The Bertz CT molecular complexity index is 307. The molecule has 1 saturated carbocycles. The molecule has 58 valence electrons. The van der Waals surface area contributed by atoms with Crippen molar-refractivity contribution in [2.75, 3.05) is 0 Å². The number of fused-ring (bicyclic) bond motifs is 3. The molecule has 1 aliphatic carbocycles. The molecule has 1 fully saturated rings. The van der Waals surface area contributed by atoms with Gasteiger partial charge >= 0.3 is 0 Å². The molecule has 4 heteroatoms. The normalized spacial score (nSPS) is 31.7. The van der Waals surface area contributed by atoms with Crippen LogP contribution in [0.3, 0.4) is 0 Å². The first-order chi connectivity index (χ1) is 5.40. The molecule has 1 aromatic heterocycles. The van der Waals surface area contributed by atoms with E-state index in [2.05, 4.69) is 14.8 Å². The Morgan fingerprint density at radius 2 is 2.45 bits per heavy atom. The van der Waals surface area contributed by atoms with Crippen LogP contribution in [0.15, 0.2) is 0 Å². The summed E-state index contributed by atoms with van der Waals surface area (Å²) in [5.41, 5.74) is 0. The van der Waals surface area contributed by atoms with Gasteiger partial charge in [-0.25, -0.2) is 0 Å². The summed E-state index contributed by atoms with van der Waals surface area (Å²) in [5, 5.41) is 16.8. The fraction of sp³-hybridized carbons (Fsp3) is 0.714. The van der Waals surface area contributed by atoms with Gasteiger partial charge in [0.15, 0.2) is 5.82 Å². The Morgan fingerprint density at radius 1 is 1.55 bits per heavy atom. The third-order valence-electron chi connectivity index (χ3n) is 2.67. The van der Waals surface area contributed by atoms with Gasteiger partial charge in [-0.3, -0.25) is 0 Å². The van der Waals surface area contributed by atoms with E-state index in [1.54, 1.807) is 0 Å². The largest absolute Gasteiger partial charge is 0.388 e. The van der Waals surface area contributed by atoms with Crippen LogP contribution in [0.4, 0.5) is 0 Å². The molecule has 0 amide bonds. The lowest BCUT2D eigenvalue weighted by molar-refractivity contribution is 0.264. The van der Waals surface area contributed by atoms with Crippen LogP contribution in [0.1, 0.15) is 24.0 Å². The van der Waals surface area contributed by atoms with Gasteiger partial charge in [-0.1, -0.05) is 0 Å². The van der Waals surface area contributed by atoms with Crippen molar-refractivity contribution in [1.29, 1.82) is 0 Å². The summed E-state index contributed by atoms with van der Waals surface area (Å²) in [7, 11) is 0. The molecule has 0 radical (unpaired) electrons. The van der Waals surface area contributed by atoms with E-state index in [-0.39, 0.29) is 6.61 Å². The van der Waals surface area contributed by atoms with E-state index in [4.69, 9.17) is 5.11 Å². The summed E-state index contributed by atoms with van der Waals surface area (Å²) < 4.78 is 2.05. The molecular formula is C7H9N3O. The molecule has 1 aromatic rings. The van der Waals surface area contributed by atoms with Crippen molar-refractivity contribution < 1.29 is 5.11 Å². The van der Waals surface area contributed by atoms with E-state index in [0.717, 1.165) is 24.1 Å². The molecule has 4 nitrogen and oxygen atoms in total. The second-order valence-corrected chi connectivity index (χ2v) is 3.35. The van der Waals surface area contributed by atoms with Gasteiger partial charge in [0.25, 0.3) is 0 Å². The summed E-state index contributed by atoms with van der Waals surface area (Å²) in [5.74, 6) is 3.31. The van der Waals surface area contributed by atoms with Gasteiger partial charge in [-0.15, -0.1) is 10.2 Å². The van der Waals surface area contributed by atoms with Gasteiger partial charge in [0.2, 0.25) is 0 Å². The third-order valence-corrected chi connectivity index (χ3v) is 2.67. The molecule has 2 heterocycles. The van der Waals surface area contributed by atoms with Crippen molar-refractivity contribution in [3.63, 3.8) is 0 Å². The van der Waals surface area contributed by atoms with Crippen molar-refractivity contribution in [2.45, 2.75) is 25.5 Å². The number of nitrogens with zero attached hydrogens (tertiary/aromatic N) is 3. The fourth-order valence-corrected chi connectivity index (χ4v) is 1.94. The Morgan fingerprint density at radius 3 is 3.27 bits per heavy atom. The van der Waals surface area contributed by atoms with Crippen LogP contribution in [0.2, 0.25) is 0 Å². The number of aliphatic hydroxyl groups is 1. The van der Waals surface area contributed by atoms with Crippen LogP contribution >= 0.6 is 0 Å². The predicted molar refractivity (Wildman–Crippen MR) is 36.8 cm³/mol. The van der Waals surface area contributed by atoms with Gasteiger partial charge in [0.05, 0.1) is 0 Å². The standard InChI is InChI=1S/C7H9N3O/c11-3-6-8-9-7-5-1-4(5)2-10(6)7/h4-5,11H,1-3H2/t4-,5-/m1/s1. The lowest BCUT2D eigenvalue weighted by Crippen LogP contribution is -2.03. The molecule has 0 aromatic carbocycles. The number of hydrogen-bond acceptors (Lipinski definition) is 3. The minimum absolute atomic E-state index is 0.0203. The van der Waals surface area contributed by atoms with Crippen LogP contribution in [0.5, 0.6) is 0 Å². The van der Waals surface area contributed by atoms with Crippen LogP contribution in [0.25, 0.3) is 0 Å². The van der Waals surface area contributed by atoms with Crippen molar-refractivity contribution in [2.24, 2.45) is 5.92 Å². The SMILES string of the molecule is OCc1nnc2n1C[C@H]1C[C@@H]21. The van der Waals surface area contributed by atoms with E-state index >= 15 is 0 Å². The summed E-state index contributed by atoms with van der Waals surface area (Å²) in [4.78, 5) is 0. The first-order valence-corrected chi connectivity index (χ1v) is 3.93. The van der Waals surface area contributed by atoms with Crippen LogP contribution in [-0.4, -0.2) is 19.9 Å². The summed E-state index contributed by atoms with van der Waals surface area (Å²) in [6, 6.07) is 0. The summed E-state index contributed by atoms with van der Waals surface area (Å²) in [6.45, 7) is 1.05. The Hall–Kier alpha value is -0.900. The molecule has 0 bridgehead atoms. The highest BCUT2D eigenvalue weighted by atomic mass is 16.3. The zero-order valence-electron chi connectivity index (χ0n) is 6.06. The van der Waals surface area contributed by atoms with E-state index in [0.29, 0.717) is 5.92 Å². The van der Waals surface area contributed by atoms with Gasteiger partial charge in [-0.2, -0.15) is 0 Å². The van der Waals surface area contributed by atoms with Crippen molar-refractivity contribution in [1.82, 2.24) is 14.8 Å². The number of rotatable bonds is 1. The number of aromatic nitrogens is 3. The average molecular weight is 151 g/mol. The van der Waals surface area contributed by atoms with E-state index in [9.17, 15) is 0 Å². The summed E-state index contributed by atoms with van der Waals surface area (Å²) in [6.07, 6.45) is 1.28. The first kappa shape index (κ1) is 5.71. The maximum absolute atomic E-state index is 8.87. The lowest BCUT2D eigenvalue weighted by Gasteiger charge is -2.00. The Balaban J connectivity index is 2.12. The Kier molecular flexibility index (Phi) is 0.850. The molecule has 0 spiro atoms. The van der Waals surface area contributed by atoms with Crippen molar-refractivity contribution in [3.8, 4) is 0 Å². The van der Waals surface area contributed by atoms with Crippen molar-refractivity contribution >= 4 is 0 Å². The van der Waals surface area contributed by atoms with Crippen LogP contribution < -0.4 is 0 Å². The molecule has 1 aliphatic heterocycles. The monoisotopic (exact) mass is 151 g/mol. The molecule has 1 N–H and O–H groups in total. The maximum Gasteiger partial charge on any atom is 0.158 e. The van der Waals surface area contributed by atoms with E-state index < -0.39 is 0 Å². The van der Waals surface area contributed by atoms with Gasteiger partial charge in [0, 0.05) is 12.5 Å². The highest BCUT2D eigenvalue weighted by molar-refractivity contribution is 5.18. The molecule has 3 rings (SSSR count).